The summed E-state index contributed by atoms with van der Waals surface area (Å²) in [7, 11) is 0. The lowest BCUT2D eigenvalue weighted by molar-refractivity contribution is -0.129. The third kappa shape index (κ3) is 5.78. The fourth-order valence-corrected chi connectivity index (χ4v) is 4.57. The molecule has 0 bridgehead atoms. The van der Waals surface area contributed by atoms with Gasteiger partial charge in [0.05, 0.1) is 5.69 Å². The van der Waals surface area contributed by atoms with Crippen LogP contribution in [0.4, 0.5) is 11.4 Å². The first-order chi connectivity index (χ1) is 15.6. The van der Waals surface area contributed by atoms with Crippen molar-refractivity contribution in [1.29, 1.82) is 0 Å². The summed E-state index contributed by atoms with van der Waals surface area (Å²) < 4.78 is 0. The fourth-order valence-electron chi connectivity index (χ4n) is 3.32. The Morgan fingerprint density at radius 1 is 1.00 bits per heavy atom. The zero-order valence-electron chi connectivity index (χ0n) is 17.3. The van der Waals surface area contributed by atoms with Crippen LogP contribution in [0, 0.1) is 0 Å². The maximum atomic E-state index is 13.1. The summed E-state index contributed by atoms with van der Waals surface area (Å²) in [6, 6.07) is 26.4. The van der Waals surface area contributed by atoms with E-state index in [-0.39, 0.29) is 18.2 Å². The number of nitrogens with zero attached hydrogens (tertiary/aromatic N) is 2. The zero-order valence-corrected chi connectivity index (χ0v) is 18.9. The van der Waals surface area contributed by atoms with Crippen LogP contribution in [0.1, 0.15) is 12.0 Å². The van der Waals surface area contributed by atoms with E-state index in [4.69, 9.17) is 16.6 Å². The minimum absolute atomic E-state index is 0.106. The standard InChI is InChI=1S/C25H22ClN3O2S/c26-19-11-13-21(14-12-19)27-24(31)22-17-23(30)29(16-15-18-7-3-1-4-8-18)25(32-22)28-20-9-5-2-6-10-20/h1-14,22H,15-17H2,(H,27,31). The van der Waals surface area contributed by atoms with E-state index in [0.29, 0.717) is 28.8 Å². The molecule has 1 fully saturated rings. The molecule has 7 heteroatoms. The van der Waals surface area contributed by atoms with Crippen LogP contribution in [0.15, 0.2) is 89.9 Å². The summed E-state index contributed by atoms with van der Waals surface area (Å²) in [5, 5.41) is 3.45. The molecule has 4 rings (SSSR count). The highest BCUT2D eigenvalue weighted by Crippen LogP contribution is 2.30. The van der Waals surface area contributed by atoms with Gasteiger partial charge in [-0.15, -0.1) is 0 Å². The fraction of sp³-hybridized carbons (Fsp3) is 0.160. The molecule has 162 valence electrons. The van der Waals surface area contributed by atoms with Crippen molar-refractivity contribution in [3.8, 4) is 0 Å². The molecule has 1 N–H and O–H groups in total. The minimum Gasteiger partial charge on any atom is -0.325 e. The van der Waals surface area contributed by atoms with Gasteiger partial charge in [0, 0.05) is 23.7 Å². The van der Waals surface area contributed by atoms with E-state index in [1.54, 1.807) is 29.2 Å². The quantitative estimate of drug-likeness (QED) is 0.521. The topological polar surface area (TPSA) is 61.8 Å². The van der Waals surface area contributed by atoms with Crippen LogP contribution in [0.2, 0.25) is 5.02 Å². The molecule has 0 spiro atoms. The number of thioether (sulfide) groups is 1. The Kier molecular flexibility index (Phi) is 7.24. The monoisotopic (exact) mass is 463 g/mol. The van der Waals surface area contributed by atoms with E-state index in [1.807, 2.05) is 60.7 Å². The van der Waals surface area contributed by atoms with Gasteiger partial charge in [0.25, 0.3) is 0 Å². The number of hydrogen-bond donors (Lipinski definition) is 1. The largest absolute Gasteiger partial charge is 0.325 e. The van der Waals surface area contributed by atoms with E-state index in [2.05, 4.69) is 5.32 Å². The van der Waals surface area contributed by atoms with Gasteiger partial charge in [-0.05, 0) is 48.4 Å². The first kappa shape index (κ1) is 22.1. The average molecular weight is 464 g/mol. The van der Waals surface area contributed by atoms with Gasteiger partial charge in [-0.2, -0.15) is 0 Å². The molecular weight excluding hydrogens is 442 g/mol. The van der Waals surface area contributed by atoms with Crippen molar-refractivity contribution in [1.82, 2.24) is 4.90 Å². The molecule has 0 radical (unpaired) electrons. The molecule has 2 amide bonds. The van der Waals surface area contributed by atoms with Crippen LogP contribution in [-0.4, -0.2) is 33.7 Å². The molecule has 0 aliphatic carbocycles. The van der Waals surface area contributed by atoms with Crippen molar-refractivity contribution in [3.63, 3.8) is 0 Å². The molecular formula is C25H22ClN3O2S. The average Bonchev–Trinajstić information content (AvgIpc) is 2.81. The Morgan fingerprint density at radius 2 is 1.66 bits per heavy atom. The van der Waals surface area contributed by atoms with Gasteiger partial charge in [0.1, 0.15) is 5.25 Å². The van der Waals surface area contributed by atoms with Crippen molar-refractivity contribution in [2.24, 2.45) is 4.99 Å². The van der Waals surface area contributed by atoms with Gasteiger partial charge >= 0.3 is 0 Å². The molecule has 0 aromatic heterocycles. The molecule has 1 aliphatic rings. The molecule has 1 aliphatic heterocycles. The third-order valence-corrected chi connectivity index (χ3v) is 6.43. The highest BCUT2D eigenvalue weighted by Gasteiger charge is 2.35. The van der Waals surface area contributed by atoms with Crippen molar-refractivity contribution in [3.05, 3.63) is 95.5 Å². The van der Waals surface area contributed by atoms with Crippen LogP contribution in [0.25, 0.3) is 0 Å². The molecule has 3 aromatic carbocycles. The van der Waals surface area contributed by atoms with Crippen molar-refractivity contribution < 1.29 is 9.59 Å². The number of nitrogens with one attached hydrogen (secondary N) is 1. The molecule has 1 saturated heterocycles. The lowest BCUT2D eigenvalue weighted by atomic mass is 10.1. The number of rotatable bonds is 6. The van der Waals surface area contributed by atoms with Crippen molar-refractivity contribution in [2.45, 2.75) is 18.1 Å². The van der Waals surface area contributed by atoms with Gasteiger partial charge in [-0.25, -0.2) is 4.99 Å². The number of carbonyl (C=O) groups excluding carboxylic acids is 2. The smallest absolute Gasteiger partial charge is 0.238 e. The van der Waals surface area contributed by atoms with E-state index >= 15 is 0 Å². The van der Waals surface area contributed by atoms with Gasteiger partial charge in [0.15, 0.2) is 5.17 Å². The Bertz CT molecular complexity index is 1110. The molecule has 1 heterocycles. The number of aliphatic imine (C=N–C) groups is 1. The van der Waals surface area contributed by atoms with Gasteiger partial charge in [0.2, 0.25) is 11.8 Å². The van der Waals surface area contributed by atoms with Crippen LogP contribution in [-0.2, 0) is 16.0 Å². The second-order valence-corrected chi connectivity index (χ2v) is 8.92. The Morgan fingerprint density at radius 3 is 2.34 bits per heavy atom. The Labute approximate surface area is 196 Å². The minimum atomic E-state index is -0.561. The Hall–Kier alpha value is -3.09. The maximum absolute atomic E-state index is 13.1. The Balaban J connectivity index is 1.53. The SMILES string of the molecule is O=C(Nc1ccc(Cl)cc1)C1CC(=O)N(CCc2ccccc2)C(=Nc2ccccc2)S1. The third-order valence-electron chi connectivity index (χ3n) is 4.99. The van der Waals surface area contributed by atoms with Crippen LogP contribution < -0.4 is 5.32 Å². The summed E-state index contributed by atoms with van der Waals surface area (Å²) >= 11 is 7.24. The maximum Gasteiger partial charge on any atom is 0.238 e. The summed E-state index contributed by atoms with van der Waals surface area (Å²) in [5.41, 5.74) is 2.53. The molecule has 32 heavy (non-hydrogen) atoms. The molecule has 3 aromatic rings. The number of amides is 2. The lowest BCUT2D eigenvalue weighted by Gasteiger charge is -2.32. The summed E-state index contributed by atoms with van der Waals surface area (Å²) in [5.74, 6) is -0.334. The normalized spacial score (nSPS) is 17.4. The number of carbonyl (C=O) groups is 2. The number of amidine groups is 1. The van der Waals surface area contributed by atoms with Gasteiger partial charge < -0.3 is 5.32 Å². The first-order valence-corrected chi connectivity index (χ1v) is 11.6. The van der Waals surface area contributed by atoms with Gasteiger partial charge in [-0.1, -0.05) is 71.9 Å². The summed E-state index contributed by atoms with van der Waals surface area (Å²) in [6.45, 7) is 0.507. The lowest BCUT2D eigenvalue weighted by Crippen LogP contribution is -2.46. The van der Waals surface area contributed by atoms with E-state index in [0.717, 1.165) is 11.3 Å². The van der Waals surface area contributed by atoms with Crippen LogP contribution >= 0.6 is 23.4 Å². The number of anilines is 1. The highest BCUT2D eigenvalue weighted by atomic mass is 35.5. The van der Waals surface area contributed by atoms with E-state index in [9.17, 15) is 9.59 Å². The predicted molar refractivity (Wildman–Crippen MR) is 131 cm³/mol. The number of halogens is 1. The van der Waals surface area contributed by atoms with E-state index in [1.165, 1.54) is 11.8 Å². The molecule has 5 nitrogen and oxygen atoms in total. The second-order valence-electron chi connectivity index (χ2n) is 7.32. The predicted octanol–water partition coefficient (Wildman–Crippen LogP) is 5.54. The molecule has 0 saturated carbocycles. The number of para-hydroxylation sites is 1. The van der Waals surface area contributed by atoms with Crippen molar-refractivity contribution in [2.75, 3.05) is 11.9 Å². The molecule has 1 unspecified atom stereocenters. The summed E-state index contributed by atoms with van der Waals surface area (Å²) in [4.78, 5) is 32.3. The van der Waals surface area contributed by atoms with Crippen molar-refractivity contribution >= 4 is 51.7 Å². The number of hydrogen-bond acceptors (Lipinski definition) is 4. The van der Waals surface area contributed by atoms with Gasteiger partial charge in [-0.3, -0.25) is 14.5 Å². The zero-order chi connectivity index (χ0) is 22.3. The van der Waals surface area contributed by atoms with Crippen LogP contribution in [0.3, 0.4) is 0 Å². The second kappa shape index (κ2) is 10.5. The van der Waals surface area contributed by atoms with Crippen LogP contribution in [0.5, 0.6) is 0 Å². The number of benzene rings is 3. The first-order valence-electron chi connectivity index (χ1n) is 10.3. The van der Waals surface area contributed by atoms with E-state index < -0.39 is 5.25 Å². The summed E-state index contributed by atoms with van der Waals surface area (Å²) in [6.07, 6.45) is 0.829. The highest BCUT2D eigenvalue weighted by molar-refractivity contribution is 8.15. The molecule has 1 atom stereocenters.